The molecule has 2 aromatic rings. The minimum atomic E-state index is -0.569. The van der Waals surface area contributed by atoms with Crippen molar-refractivity contribution >= 4 is 46.0 Å². The van der Waals surface area contributed by atoms with Crippen LogP contribution < -0.4 is 0 Å². The smallest absolute Gasteiger partial charge is 0.262 e. The molecule has 0 unspecified atom stereocenters. The Balaban J connectivity index is 1.99. The Labute approximate surface area is 138 Å². The molecule has 21 heavy (non-hydrogen) atoms. The molecule has 3 rings (SSSR count). The van der Waals surface area contributed by atoms with Gasteiger partial charge in [0.25, 0.3) is 11.8 Å². The third-order valence-corrected chi connectivity index (χ3v) is 4.63. The van der Waals surface area contributed by atoms with Crippen LogP contribution in [0.15, 0.2) is 36.4 Å². The van der Waals surface area contributed by atoms with Crippen molar-refractivity contribution in [1.82, 2.24) is 4.90 Å². The number of amides is 2. The van der Waals surface area contributed by atoms with Gasteiger partial charge in [0, 0.05) is 3.57 Å². The van der Waals surface area contributed by atoms with E-state index in [-0.39, 0.29) is 23.4 Å². The van der Waals surface area contributed by atoms with Crippen molar-refractivity contribution in [3.63, 3.8) is 0 Å². The summed E-state index contributed by atoms with van der Waals surface area (Å²) in [6.45, 7) is -0.0426. The van der Waals surface area contributed by atoms with E-state index in [2.05, 4.69) is 0 Å². The van der Waals surface area contributed by atoms with Crippen molar-refractivity contribution < 1.29 is 14.0 Å². The fraction of sp³-hybridized carbons (Fsp3) is 0.0667. The Bertz CT molecular complexity index is 778. The van der Waals surface area contributed by atoms with Crippen LogP contribution in [0.5, 0.6) is 0 Å². The average Bonchev–Trinajstić information content (AvgIpc) is 2.70. The van der Waals surface area contributed by atoms with Gasteiger partial charge in [-0.1, -0.05) is 29.8 Å². The highest BCUT2D eigenvalue weighted by molar-refractivity contribution is 14.1. The van der Waals surface area contributed by atoms with Gasteiger partial charge in [-0.3, -0.25) is 14.5 Å². The van der Waals surface area contributed by atoms with E-state index in [9.17, 15) is 14.0 Å². The van der Waals surface area contributed by atoms with Crippen molar-refractivity contribution in [2.24, 2.45) is 0 Å². The Morgan fingerprint density at radius 1 is 1.10 bits per heavy atom. The summed E-state index contributed by atoms with van der Waals surface area (Å²) in [6.07, 6.45) is 0. The van der Waals surface area contributed by atoms with E-state index in [1.54, 1.807) is 24.3 Å². The number of fused-ring (bicyclic) bond motifs is 1. The quantitative estimate of drug-likeness (QED) is 0.551. The van der Waals surface area contributed by atoms with Crippen molar-refractivity contribution in [1.29, 1.82) is 0 Å². The second kappa shape index (κ2) is 5.38. The van der Waals surface area contributed by atoms with E-state index in [1.807, 2.05) is 22.6 Å². The van der Waals surface area contributed by atoms with Gasteiger partial charge in [0.1, 0.15) is 5.82 Å². The zero-order valence-electron chi connectivity index (χ0n) is 10.6. The SMILES string of the molecule is O=C1c2cccc(I)c2C(=O)N1Cc1cccc(F)c1Cl. The van der Waals surface area contributed by atoms with Gasteiger partial charge in [-0.15, -0.1) is 0 Å². The van der Waals surface area contributed by atoms with Gasteiger partial charge >= 0.3 is 0 Å². The number of hydrogen-bond acceptors (Lipinski definition) is 2. The fourth-order valence-electron chi connectivity index (χ4n) is 2.28. The molecular weight excluding hydrogens is 408 g/mol. The van der Waals surface area contributed by atoms with Gasteiger partial charge < -0.3 is 0 Å². The molecule has 0 saturated carbocycles. The summed E-state index contributed by atoms with van der Waals surface area (Å²) in [5.74, 6) is -1.32. The van der Waals surface area contributed by atoms with E-state index in [0.29, 0.717) is 16.7 Å². The molecule has 0 radical (unpaired) electrons. The number of carbonyl (C=O) groups is 2. The molecule has 1 aliphatic rings. The second-order valence-corrected chi connectivity index (χ2v) is 6.11. The number of nitrogens with zero attached hydrogens (tertiary/aromatic N) is 1. The minimum absolute atomic E-state index is 0.0426. The molecule has 0 atom stereocenters. The van der Waals surface area contributed by atoms with Crippen molar-refractivity contribution in [2.45, 2.75) is 6.54 Å². The second-order valence-electron chi connectivity index (χ2n) is 4.57. The maximum Gasteiger partial charge on any atom is 0.262 e. The summed E-state index contributed by atoms with van der Waals surface area (Å²) in [5.41, 5.74) is 1.18. The molecule has 0 saturated heterocycles. The maximum atomic E-state index is 13.5. The van der Waals surface area contributed by atoms with Crippen LogP contribution in [-0.2, 0) is 6.54 Å². The molecule has 2 aromatic carbocycles. The van der Waals surface area contributed by atoms with Crippen LogP contribution in [-0.4, -0.2) is 16.7 Å². The highest BCUT2D eigenvalue weighted by Crippen LogP contribution is 2.30. The molecular formula is C15H8ClFINO2. The molecule has 1 heterocycles. The van der Waals surface area contributed by atoms with Crippen LogP contribution >= 0.6 is 34.2 Å². The summed E-state index contributed by atoms with van der Waals surface area (Å²) in [4.78, 5) is 25.8. The van der Waals surface area contributed by atoms with Crippen molar-refractivity contribution in [3.8, 4) is 0 Å². The summed E-state index contributed by atoms with van der Waals surface area (Å²) >= 11 is 7.90. The molecule has 2 amide bonds. The first-order valence-electron chi connectivity index (χ1n) is 6.08. The molecule has 0 spiro atoms. The first-order chi connectivity index (χ1) is 10.0. The molecule has 3 nitrogen and oxygen atoms in total. The molecule has 0 fully saturated rings. The predicted molar refractivity (Wildman–Crippen MR) is 84.8 cm³/mol. The number of hydrogen-bond donors (Lipinski definition) is 0. The zero-order valence-corrected chi connectivity index (χ0v) is 13.5. The number of rotatable bonds is 2. The highest BCUT2D eigenvalue weighted by Gasteiger charge is 2.37. The van der Waals surface area contributed by atoms with Crippen LogP contribution in [0.4, 0.5) is 4.39 Å². The third kappa shape index (κ3) is 2.34. The summed E-state index contributed by atoms with van der Waals surface area (Å²) in [5, 5.41) is -0.0660. The average molecular weight is 416 g/mol. The lowest BCUT2D eigenvalue weighted by Crippen LogP contribution is -2.29. The van der Waals surface area contributed by atoms with Crippen LogP contribution in [0.25, 0.3) is 0 Å². The number of imide groups is 1. The highest BCUT2D eigenvalue weighted by atomic mass is 127. The van der Waals surface area contributed by atoms with Gasteiger partial charge in [0.2, 0.25) is 0 Å². The van der Waals surface area contributed by atoms with Crippen LogP contribution in [0, 0.1) is 9.39 Å². The monoisotopic (exact) mass is 415 g/mol. The molecule has 1 aliphatic heterocycles. The van der Waals surface area contributed by atoms with Gasteiger partial charge in [-0.05, 0) is 46.4 Å². The number of carbonyl (C=O) groups excluding carboxylic acids is 2. The Morgan fingerprint density at radius 2 is 1.81 bits per heavy atom. The molecule has 0 N–H and O–H groups in total. The normalized spacial score (nSPS) is 13.8. The van der Waals surface area contributed by atoms with Gasteiger partial charge in [-0.25, -0.2) is 4.39 Å². The lowest BCUT2D eigenvalue weighted by molar-refractivity contribution is 0.0642. The summed E-state index contributed by atoms with van der Waals surface area (Å²) in [6, 6.07) is 9.44. The van der Waals surface area contributed by atoms with E-state index in [0.717, 1.165) is 8.47 Å². The van der Waals surface area contributed by atoms with E-state index in [4.69, 9.17) is 11.6 Å². The molecule has 0 bridgehead atoms. The summed E-state index contributed by atoms with van der Waals surface area (Å²) < 4.78 is 14.2. The Morgan fingerprint density at radius 3 is 2.52 bits per heavy atom. The van der Waals surface area contributed by atoms with Crippen LogP contribution in [0.2, 0.25) is 5.02 Å². The van der Waals surface area contributed by atoms with Gasteiger partial charge in [0.15, 0.2) is 0 Å². The molecule has 106 valence electrons. The minimum Gasteiger partial charge on any atom is -0.270 e. The van der Waals surface area contributed by atoms with Gasteiger partial charge in [-0.2, -0.15) is 0 Å². The predicted octanol–water partition coefficient (Wildman–Crippen LogP) is 3.88. The lowest BCUT2D eigenvalue weighted by Gasteiger charge is -2.15. The lowest BCUT2D eigenvalue weighted by atomic mass is 10.1. The first-order valence-corrected chi connectivity index (χ1v) is 7.54. The van der Waals surface area contributed by atoms with Gasteiger partial charge in [0.05, 0.1) is 22.7 Å². The third-order valence-electron chi connectivity index (χ3n) is 3.31. The van der Waals surface area contributed by atoms with E-state index < -0.39 is 5.82 Å². The maximum absolute atomic E-state index is 13.5. The van der Waals surface area contributed by atoms with E-state index >= 15 is 0 Å². The van der Waals surface area contributed by atoms with Crippen molar-refractivity contribution in [3.05, 3.63) is 67.5 Å². The Hall–Kier alpha value is -1.47. The van der Waals surface area contributed by atoms with Crippen LogP contribution in [0.1, 0.15) is 26.3 Å². The fourth-order valence-corrected chi connectivity index (χ4v) is 3.19. The first kappa shape index (κ1) is 14.5. The van der Waals surface area contributed by atoms with E-state index in [1.165, 1.54) is 12.1 Å². The molecule has 0 aromatic heterocycles. The molecule has 6 heteroatoms. The standard InChI is InChI=1S/C15H8ClFINO2/c16-13-8(3-1-5-10(13)17)7-19-14(20)9-4-2-6-11(18)12(9)15(19)21/h1-6H,7H2. The number of halogens is 3. The topological polar surface area (TPSA) is 37.4 Å². The largest absolute Gasteiger partial charge is 0.270 e. The zero-order chi connectivity index (χ0) is 15.1. The van der Waals surface area contributed by atoms with Crippen molar-refractivity contribution in [2.75, 3.05) is 0 Å². The molecule has 0 aliphatic carbocycles. The van der Waals surface area contributed by atoms with Crippen LogP contribution in [0.3, 0.4) is 0 Å². The summed E-state index contributed by atoms with van der Waals surface area (Å²) in [7, 11) is 0. The Kier molecular flexibility index (Phi) is 3.71. The number of benzene rings is 2.